The van der Waals surface area contributed by atoms with Gasteiger partial charge in [-0.3, -0.25) is 20.0 Å². The number of hydrogen-bond donors (Lipinski definition) is 3. The molecule has 0 unspecified atom stereocenters. The number of anilines is 2. The lowest BCUT2D eigenvalue weighted by Crippen LogP contribution is -2.26. The van der Waals surface area contributed by atoms with E-state index in [0.717, 1.165) is 24.4 Å². The number of nitrogens with zero attached hydrogens (tertiary/aromatic N) is 3. The Kier molecular flexibility index (Phi) is 5.57. The van der Waals surface area contributed by atoms with Crippen LogP contribution >= 0.6 is 12.2 Å². The fourth-order valence-electron chi connectivity index (χ4n) is 3.22. The third-order valence-corrected chi connectivity index (χ3v) is 5.12. The maximum absolute atomic E-state index is 12.5. The van der Waals surface area contributed by atoms with Gasteiger partial charge in [0.05, 0.1) is 4.92 Å². The Balaban J connectivity index is 1.43. The molecule has 1 aliphatic carbocycles. The van der Waals surface area contributed by atoms with E-state index in [1.54, 1.807) is 6.07 Å². The molecule has 0 saturated heterocycles. The molecule has 0 aliphatic heterocycles. The number of benzene rings is 2. The van der Waals surface area contributed by atoms with Gasteiger partial charge in [-0.05, 0) is 49.3 Å². The zero-order valence-corrected chi connectivity index (χ0v) is 16.8. The van der Waals surface area contributed by atoms with E-state index in [9.17, 15) is 14.9 Å². The van der Waals surface area contributed by atoms with E-state index in [1.165, 1.54) is 12.1 Å². The summed E-state index contributed by atoms with van der Waals surface area (Å²) in [4.78, 5) is 23.5. The first kappa shape index (κ1) is 19.8. The molecule has 10 heteroatoms. The van der Waals surface area contributed by atoms with Crippen LogP contribution in [0.5, 0.6) is 0 Å². The van der Waals surface area contributed by atoms with Crippen LogP contribution in [0.1, 0.15) is 35.1 Å². The van der Waals surface area contributed by atoms with Gasteiger partial charge in [-0.1, -0.05) is 18.2 Å². The molecule has 30 heavy (non-hydrogen) atoms. The number of amides is 1. The molecule has 1 amide bonds. The van der Waals surface area contributed by atoms with Gasteiger partial charge in [-0.15, -0.1) is 0 Å². The van der Waals surface area contributed by atoms with Crippen LogP contribution in [0.25, 0.3) is 0 Å². The van der Waals surface area contributed by atoms with Crippen molar-refractivity contribution in [3.63, 3.8) is 0 Å². The number of aromatic nitrogens is 3. The highest BCUT2D eigenvalue weighted by atomic mass is 32.1. The summed E-state index contributed by atoms with van der Waals surface area (Å²) >= 11 is 5.25. The first-order chi connectivity index (χ1) is 14.5. The van der Waals surface area contributed by atoms with Crippen LogP contribution in [0.3, 0.4) is 0 Å². The number of rotatable bonds is 8. The molecule has 1 aliphatic rings. The highest BCUT2D eigenvalue weighted by Gasteiger charge is 2.27. The molecule has 3 N–H and O–H groups in total. The Morgan fingerprint density at radius 2 is 2.03 bits per heavy atom. The second-order valence-corrected chi connectivity index (χ2v) is 7.42. The maximum atomic E-state index is 12.5. The van der Waals surface area contributed by atoms with Crippen molar-refractivity contribution in [3.8, 4) is 0 Å². The lowest BCUT2D eigenvalue weighted by Gasteiger charge is -2.10. The Morgan fingerprint density at radius 1 is 1.27 bits per heavy atom. The number of nitro groups is 1. The molecule has 0 spiro atoms. The van der Waals surface area contributed by atoms with Crippen molar-refractivity contribution in [3.05, 3.63) is 74.8 Å². The van der Waals surface area contributed by atoms with E-state index >= 15 is 0 Å². The SMILES string of the molecule is O=C(NCCc1n[nH]c(=S)n1C1CC1)c1ccc(Nc2ccccc2)c([N+](=O)[O-])c1. The van der Waals surface area contributed by atoms with Gasteiger partial charge in [0.1, 0.15) is 11.5 Å². The van der Waals surface area contributed by atoms with Crippen molar-refractivity contribution < 1.29 is 9.72 Å². The Morgan fingerprint density at radius 3 is 2.73 bits per heavy atom. The van der Waals surface area contributed by atoms with Gasteiger partial charge in [0.2, 0.25) is 0 Å². The van der Waals surface area contributed by atoms with E-state index in [-0.39, 0.29) is 17.2 Å². The number of hydrogen-bond acceptors (Lipinski definition) is 6. The summed E-state index contributed by atoms with van der Waals surface area (Å²) in [5.74, 6) is 0.424. The van der Waals surface area contributed by atoms with Crippen molar-refractivity contribution in [1.29, 1.82) is 0 Å². The van der Waals surface area contributed by atoms with Gasteiger partial charge in [-0.25, -0.2) is 0 Å². The number of carbonyl (C=O) groups excluding carboxylic acids is 1. The molecule has 9 nitrogen and oxygen atoms in total. The molecule has 0 bridgehead atoms. The van der Waals surface area contributed by atoms with E-state index in [0.29, 0.717) is 29.5 Å². The standard InChI is InChI=1S/C20H20N6O3S/c27-19(21-11-10-18-23-24-20(30)25(18)15-7-8-15)13-6-9-16(17(12-13)26(28)29)22-14-4-2-1-3-5-14/h1-6,9,12,15,22H,7-8,10-11H2,(H,21,27)(H,24,30). The van der Waals surface area contributed by atoms with E-state index < -0.39 is 4.92 Å². The molecule has 3 aromatic rings. The predicted octanol–water partition coefficient (Wildman–Crippen LogP) is 3.90. The Hall–Kier alpha value is -3.53. The molecule has 154 valence electrons. The van der Waals surface area contributed by atoms with E-state index in [4.69, 9.17) is 12.2 Å². The van der Waals surface area contributed by atoms with Gasteiger partial charge in [0.15, 0.2) is 4.77 Å². The quantitative estimate of drug-likeness (QED) is 0.287. The zero-order chi connectivity index (χ0) is 21.1. The highest BCUT2D eigenvalue weighted by molar-refractivity contribution is 7.71. The average Bonchev–Trinajstić information content (AvgIpc) is 3.51. The smallest absolute Gasteiger partial charge is 0.293 e. The molecule has 1 aromatic heterocycles. The predicted molar refractivity (Wildman–Crippen MR) is 115 cm³/mol. The molecular formula is C20H20N6O3S. The number of H-pyrrole nitrogens is 1. The van der Waals surface area contributed by atoms with Crippen LogP contribution in [-0.4, -0.2) is 32.1 Å². The van der Waals surface area contributed by atoms with Crippen LogP contribution < -0.4 is 10.6 Å². The van der Waals surface area contributed by atoms with Gasteiger partial charge in [-0.2, -0.15) is 5.10 Å². The third kappa shape index (κ3) is 4.38. The molecule has 1 saturated carbocycles. The molecular weight excluding hydrogens is 404 g/mol. The van der Waals surface area contributed by atoms with Crippen LogP contribution in [0.2, 0.25) is 0 Å². The maximum Gasteiger partial charge on any atom is 0.293 e. The number of nitrogens with one attached hydrogen (secondary N) is 3. The number of nitro benzene ring substituents is 1. The average molecular weight is 424 g/mol. The largest absolute Gasteiger partial charge is 0.352 e. The molecule has 0 radical (unpaired) electrons. The lowest BCUT2D eigenvalue weighted by atomic mass is 10.1. The van der Waals surface area contributed by atoms with Crippen molar-refractivity contribution in [2.24, 2.45) is 0 Å². The summed E-state index contributed by atoms with van der Waals surface area (Å²) in [5.41, 5.74) is 1.10. The zero-order valence-electron chi connectivity index (χ0n) is 16.0. The molecule has 0 atom stereocenters. The minimum absolute atomic E-state index is 0.166. The number of carbonyl (C=O) groups is 1. The normalized spacial score (nSPS) is 13.1. The molecule has 1 fully saturated rings. The summed E-state index contributed by atoms with van der Waals surface area (Å²) in [6.45, 7) is 0.350. The van der Waals surface area contributed by atoms with Gasteiger partial charge < -0.3 is 15.2 Å². The molecule has 1 heterocycles. The second kappa shape index (κ2) is 8.46. The summed E-state index contributed by atoms with van der Waals surface area (Å²) < 4.78 is 2.59. The molecule has 4 rings (SSSR count). The third-order valence-electron chi connectivity index (χ3n) is 4.83. The minimum atomic E-state index is -0.505. The van der Waals surface area contributed by atoms with Gasteiger partial charge in [0.25, 0.3) is 11.6 Å². The summed E-state index contributed by atoms with van der Waals surface area (Å²) in [6.07, 6.45) is 2.69. The first-order valence-electron chi connectivity index (χ1n) is 9.57. The number of para-hydroxylation sites is 1. The second-order valence-electron chi connectivity index (χ2n) is 7.03. The summed E-state index contributed by atoms with van der Waals surface area (Å²) in [5, 5.41) is 24.3. The van der Waals surface area contributed by atoms with Gasteiger partial charge >= 0.3 is 0 Å². The van der Waals surface area contributed by atoms with Crippen molar-refractivity contribution >= 4 is 35.2 Å². The van der Waals surface area contributed by atoms with Crippen molar-refractivity contribution in [1.82, 2.24) is 20.1 Å². The minimum Gasteiger partial charge on any atom is -0.352 e. The van der Waals surface area contributed by atoms with Crippen molar-refractivity contribution in [2.45, 2.75) is 25.3 Å². The topological polar surface area (TPSA) is 118 Å². The Bertz CT molecular complexity index is 1140. The number of aromatic amines is 1. The molecule has 2 aromatic carbocycles. The highest BCUT2D eigenvalue weighted by Crippen LogP contribution is 2.35. The van der Waals surface area contributed by atoms with Crippen molar-refractivity contribution in [2.75, 3.05) is 11.9 Å². The van der Waals surface area contributed by atoms with Crippen LogP contribution in [0.4, 0.5) is 17.1 Å². The van der Waals surface area contributed by atoms with Crippen LogP contribution in [0.15, 0.2) is 48.5 Å². The van der Waals surface area contributed by atoms with Crippen LogP contribution in [0, 0.1) is 14.9 Å². The Labute approximate surface area is 177 Å². The van der Waals surface area contributed by atoms with Gasteiger partial charge in [0, 0.05) is 36.3 Å². The monoisotopic (exact) mass is 424 g/mol. The summed E-state index contributed by atoms with van der Waals surface area (Å²) in [6, 6.07) is 13.9. The fraction of sp³-hybridized carbons (Fsp3) is 0.250. The summed E-state index contributed by atoms with van der Waals surface area (Å²) in [7, 11) is 0. The fourth-order valence-corrected chi connectivity index (χ4v) is 3.52. The van der Waals surface area contributed by atoms with E-state index in [2.05, 4.69) is 20.8 Å². The lowest BCUT2D eigenvalue weighted by molar-refractivity contribution is -0.383. The first-order valence-corrected chi connectivity index (χ1v) is 9.98. The van der Waals surface area contributed by atoms with Crippen LogP contribution in [-0.2, 0) is 6.42 Å². The van der Waals surface area contributed by atoms with E-state index in [1.807, 2.05) is 34.9 Å².